The van der Waals surface area contributed by atoms with Crippen LogP contribution in [0.5, 0.6) is 0 Å². The molecule has 4 nitrogen and oxygen atoms in total. The Hall–Kier alpha value is -1.68. The number of Topliss-reactive ketones (excluding diaryl/α,β-unsaturated/α-hetero) is 1. The number of hydrogen-bond acceptors (Lipinski definition) is 3. The van der Waals surface area contributed by atoms with Crippen molar-refractivity contribution in [3.8, 4) is 0 Å². The van der Waals surface area contributed by atoms with Gasteiger partial charge in [0.05, 0.1) is 24.0 Å². The Morgan fingerprint density at radius 3 is 2.63 bits per heavy atom. The van der Waals surface area contributed by atoms with E-state index in [9.17, 15) is 9.59 Å². The van der Waals surface area contributed by atoms with Crippen molar-refractivity contribution in [2.45, 2.75) is 33.3 Å². The van der Waals surface area contributed by atoms with Crippen molar-refractivity contribution >= 4 is 17.4 Å². The summed E-state index contributed by atoms with van der Waals surface area (Å²) in [5, 5.41) is 0. The van der Waals surface area contributed by atoms with Gasteiger partial charge < -0.3 is 9.64 Å². The van der Waals surface area contributed by atoms with Crippen molar-refractivity contribution < 1.29 is 14.3 Å². The highest BCUT2D eigenvalue weighted by molar-refractivity contribution is 6.52. The monoisotopic (exact) mass is 261 g/mol. The van der Waals surface area contributed by atoms with Crippen LogP contribution in [0.4, 0.5) is 5.69 Å². The largest absolute Gasteiger partial charge is 0.377 e. The number of nitrogens with zero attached hydrogens (tertiary/aromatic N) is 1. The lowest BCUT2D eigenvalue weighted by Gasteiger charge is -2.17. The topological polar surface area (TPSA) is 46.6 Å². The number of hydrogen-bond donors (Lipinski definition) is 0. The van der Waals surface area contributed by atoms with E-state index in [0.29, 0.717) is 24.4 Å². The number of carbonyl (C=O) groups is 2. The summed E-state index contributed by atoms with van der Waals surface area (Å²) in [6.45, 7) is 6.76. The Balaban J connectivity index is 2.19. The van der Waals surface area contributed by atoms with E-state index in [1.807, 2.05) is 39.0 Å². The van der Waals surface area contributed by atoms with E-state index in [4.69, 9.17) is 4.74 Å². The fourth-order valence-electron chi connectivity index (χ4n) is 2.17. The minimum absolute atomic E-state index is 0.121. The Bertz CT molecular complexity index is 508. The summed E-state index contributed by atoms with van der Waals surface area (Å²) in [6, 6.07) is 5.63. The van der Waals surface area contributed by atoms with Gasteiger partial charge in [0.2, 0.25) is 0 Å². The molecule has 0 saturated heterocycles. The first-order valence-electron chi connectivity index (χ1n) is 6.65. The number of rotatable bonds is 5. The molecule has 102 valence electrons. The Morgan fingerprint density at radius 2 is 2.00 bits per heavy atom. The van der Waals surface area contributed by atoms with Crippen LogP contribution in [0.3, 0.4) is 0 Å². The molecule has 1 amide bonds. The zero-order valence-corrected chi connectivity index (χ0v) is 11.6. The molecule has 4 heteroatoms. The summed E-state index contributed by atoms with van der Waals surface area (Å²) in [5.74, 6) is -0.856. The van der Waals surface area contributed by atoms with Crippen molar-refractivity contribution in [3.63, 3.8) is 0 Å². The number of fused-ring (bicyclic) bond motifs is 1. The summed E-state index contributed by atoms with van der Waals surface area (Å²) < 4.78 is 5.44. The molecule has 19 heavy (non-hydrogen) atoms. The third-order valence-electron chi connectivity index (χ3n) is 3.21. The van der Waals surface area contributed by atoms with Crippen molar-refractivity contribution in [2.24, 2.45) is 0 Å². The van der Waals surface area contributed by atoms with Crippen LogP contribution in [0.25, 0.3) is 0 Å². The lowest BCUT2D eigenvalue weighted by molar-refractivity contribution is -0.114. The van der Waals surface area contributed by atoms with Gasteiger partial charge in [-0.3, -0.25) is 9.59 Å². The number of amides is 1. The highest BCUT2D eigenvalue weighted by Crippen LogP contribution is 2.29. The molecule has 1 aromatic rings. The van der Waals surface area contributed by atoms with Crippen LogP contribution in [0.2, 0.25) is 0 Å². The van der Waals surface area contributed by atoms with E-state index < -0.39 is 11.7 Å². The van der Waals surface area contributed by atoms with Gasteiger partial charge in [-0.15, -0.1) is 0 Å². The molecule has 0 aliphatic carbocycles. The summed E-state index contributed by atoms with van der Waals surface area (Å²) in [6.07, 6.45) is 0.973. The van der Waals surface area contributed by atoms with Crippen LogP contribution >= 0.6 is 0 Å². The van der Waals surface area contributed by atoms with Crippen molar-refractivity contribution in [3.05, 3.63) is 29.3 Å². The van der Waals surface area contributed by atoms with E-state index in [0.717, 1.165) is 12.0 Å². The number of aryl methyl sites for hydroxylation is 1. The van der Waals surface area contributed by atoms with E-state index in [1.54, 1.807) is 0 Å². The molecule has 0 aromatic heterocycles. The lowest BCUT2D eigenvalue weighted by atomic mass is 10.1. The zero-order chi connectivity index (χ0) is 14.0. The maximum Gasteiger partial charge on any atom is 0.299 e. The highest BCUT2D eigenvalue weighted by atomic mass is 16.5. The minimum atomic E-state index is -0.449. The second kappa shape index (κ2) is 5.53. The average Bonchev–Trinajstić information content (AvgIpc) is 2.63. The summed E-state index contributed by atoms with van der Waals surface area (Å²) >= 11 is 0. The first-order valence-corrected chi connectivity index (χ1v) is 6.65. The Labute approximate surface area is 113 Å². The van der Waals surface area contributed by atoms with E-state index in [1.165, 1.54) is 4.90 Å². The van der Waals surface area contributed by atoms with Gasteiger partial charge in [0.15, 0.2) is 0 Å². The normalized spacial score (nSPS) is 14.4. The molecule has 1 aliphatic rings. The summed E-state index contributed by atoms with van der Waals surface area (Å²) in [5.41, 5.74) is 2.30. The van der Waals surface area contributed by atoms with Crippen LogP contribution in [-0.4, -0.2) is 30.9 Å². The molecule has 1 aromatic carbocycles. The van der Waals surface area contributed by atoms with Gasteiger partial charge in [0.1, 0.15) is 0 Å². The van der Waals surface area contributed by atoms with Crippen LogP contribution < -0.4 is 4.90 Å². The molecule has 0 radical (unpaired) electrons. The molecule has 2 rings (SSSR count). The van der Waals surface area contributed by atoms with Crippen LogP contribution in [0.1, 0.15) is 36.7 Å². The number of ether oxygens (including phenoxy) is 1. The highest BCUT2D eigenvalue weighted by Gasteiger charge is 2.35. The summed E-state index contributed by atoms with van der Waals surface area (Å²) in [7, 11) is 0. The molecular weight excluding hydrogens is 242 g/mol. The molecule has 0 unspecified atom stereocenters. The van der Waals surface area contributed by atoms with Gasteiger partial charge in [0, 0.05) is 6.54 Å². The second-order valence-electron chi connectivity index (χ2n) is 4.91. The third kappa shape index (κ3) is 2.68. The molecule has 1 heterocycles. The number of ketones is 1. The SMILES string of the molecule is CCc1ccc2c(c1)C(=O)C(=O)N2CCOC(C)C. The van der Waals surface area contributed by atoms with Crippen LogP contribution in [0.15, 0.2) is 18.2 Å². The van der Waals surface area contributed by atoms with E-state index in [2.05, 4.69) is 0 Å². The second-order valence-corrected chi connectivity index (χ2v) is 4.91. The molecule has 0 fully saturated rings. The molecule has 0 atom stereocenters. The number of anilines is 1. The smallest absolute Gasteiger partial charge is 0.299 e. The number of benzene rings is 1. The summed E-state index contributed by atoms with van der Waals surface area (Å²) in [4.78, 5) is 25.4. The predicted molar refractivity (Wildman–Crippen MR) is 73.6 cm³/mol. The quantitative estimate of drug-likeness (QED) is 0.763. The average molecular weight is 261 g/mol. The zero-order valence-electron chi connectivity index (χ0n) is 11.6. The van der Waals surface area contributed by atoms with Gasteiger partial charge in [-0.1, -0.05) is 13.0 Å². The maximum atomic E-state index is 12.0. The molecular formula is C15H19NO3. The van der Waals surface area contributed by atoms with Gasteiger partial charge in [0.25, 0.3) is 11.7 Å². The molecule has 1 aliphatic heterocycles. The first kappa shape index (κ1) is 13.7. The fraction of sp³-hybridized carbons (Fsp3) is 0.467. The maximum absolute atomic E-state index is 12.0. The molecule has 0 N–H and O–H groups in total. The first-order chi connectivity index (χ1) is 9.04. The Kier molecular flexibility index (Phi) is 4.00. The van der Waals surface area contributed by atoms with Gasteiger partial charge in [-0.2, -0.15) is 0 Å². The minimum Gasteiger partial charge on any atom is -0.377 e. The molecule has 0 bridgehead atoms. The van der Waals surface area contributed by atoms with Crippen molar-refractivity contribution in [2.75, 3.05) is 18.1 Å². The van der Waals surface area contributed by atoms with Crippen molar-refractivity contribution in [1.82, 2.24) is 0 Å². The van der Waals surface area contributed by atoms with Gasteiger partial charge in [-0.05, 0) is 38.0 Å². The number of carbonyl (C=O) groups excluding carboxylic acids is 2. The third-order valence-corrected chi connectivity index (χ3v) is 3.21. The van der Waals surface area contributed by atoms with Crippen LogP contribution in [-0.2, 0) is 16.0 Å². The van der Waals surface area contributed by atoms with Crippen molar-refractivity contribution in [1.29, 1.82) is 0 Å². The lowest BCUT2D eigenvalue weighted by Crippen LogP contribution is -2.33. The van der Waals surface area contributed by atoms with Gasteiger partial charge in [-0.25, -0.2) is 0 Å². The fourth-order valence-corrected chi connectivity index (χ4v) is 2.17. The van der Waals surface area contributed by atoms with Crippen LogP contribution in [0, 0.1) is 0 Å². The predicted octanol–water partition coefficient (Wildman–Crippen LogP) is 2.20. The molecule has 0 spiro atoms. The van der Waals surface area contributed by atoms with E-state index >= 15 is 0 Å². The van der Waals surface area contributed by atoms with E-state index in [-0.39, 0.29) is 6.10 Å². The van der Waals surface area contributed by atoms with Gasteiger partial charge >= 0.3 is 0 Å². The molecule has 0 saturated carbocycles. The standard InChI is InChI=1S/C15H19NO3/c1-4-11-5-6-13-12(9-11)14(17)15(18)16(13)7-8-19-10(2)3/h5-6,9-10H,4,7-8H2,1-3H3. The Morgan fingerprint density at radius 1 is 1.26 bits per heavy atom.